The van der Waals surface area contributed by atoms with Gasteiger partial charge in [0.2, 0.25) is 0 Å². The van der Waals surface area contributed by atoms with Crippen molar-refractivity contribution in [2.24, 2.45) is 0 Å². The van der Waals surface area contributed by atoms with E-state index < -0.39 is 0 Å². The highest BCUT2D eigenvalue weighted by molar-refractivity contribution is 9.10. The Morgan fingerprint density at radius 3 is 2.79 bits per heavy atom. The van der Waals surface area contributed by atoms with Gasteiger partial charge in [0.15, 0.2) is 5.82 Å². The molecule has 4 heteroatoms. The first kappa shape index (κ1) is 12.4. The molecule has 0 spiro atoms. The summed E-state index contributed by atoms with van der Waals surface area (Å²) in [5, 5.41) is 5.68. The first-order chi connectivity index (χ1) is 9.13. The van der Waals surface area contributed by atoms with Crippen molar-refractivity contribution in [2.45, 2.75) is 19.8 Å². The van der Waals surface area contributed by atoms with Crippen molar-refractivity contribution in [1.29, 1.82) is 0 Å². The van der Waals surface area contributed by atoms with Crippen molar-refractivity contribution in [3.05, 3.63) is 52.8 Å². The number of pyridine rings is 1. The second-order valence-corrected chi connectivity index (χ2v) is 5.77. The molecule has 0 aliphatic carbocycles. The average molecular weight is 316 g/mol. The second-order valence-electron chi connectivity index (χ2n) is 4.85. The van der Waals surface area contributed by atoms with Crippen LogP contribution in [-0.2, 0) is 0 Å². The van der Waals surface area contributed by atoms with Crippen LogP contribution in [0.4, 0.5) is 0 Å². The zero-order chi connectivity index (χ0) is 13.4. The molecule has 0 unspecified atom stereocenters. The van der Waals surface area contributed by atoms with Crippen molar-refractivity contribution >= 4 is 26.8 Å². The molecule has 96 valence electrons. The zero-order valence-electron chi connectivity index (χ0n) is 10.8. The van der Waals surface area contributed by atoms with Crippen LogP contribution in [0.25, 0.3) is 16.7 Å². The number of nitrogens with zero attached hydrogens (tertiary/aromatic N) is 3. The summed E-state index contributed by atoms with van der Waals surface area (Å²) in [7, 11) is 0. The van der Waals surface area contributed by atoms with Gasteiger partial charge >= 0.3 is 0 Å². The first-order valence-electron chi connectivity index (χ1n) is 6.26. The van der Waals surface area contributed by atoms with E-state index >= 15 is 0 Å². The van der Waals surface area contributed by atoms with E-state index in [0.29, 0.717) is 5.92 Å². The maximum absolute atomic E-state index is 4.65. The van der Waals surface area contributed by atoms with Crippen molar-refractivity contribution < 1.29 is 0 Å². The SMILES string of the molecule is CC(C)c1cccc(-n2cc3ccc(Br)cc3n2)n1. The molecular formula is C15H14BrN3. The summed E-state index contributed by atoms with van der Waals surface area (Å²) >= 11 is 3.46. The van der Waals surface area contributed by atoms with Gasteiger partial charge in [-0.2, -0.15) is 5.10 Å². The third-order valence-electron chi connectivity index (χ3n) is 3.05. The largest absolute Gasteiger partial charge is 0.233 e. The fourth-order valence-electron chi connectivity index (χ4n) is 2.00. The van der Waals surface area contributed by atoms with Crippen molar-refractivity contribution in [3.63, 3.8) is 0 Å². The molecule has 0 amide bonds. The van der Waals surface area contributed by atoms with Crippen LogP contribution >= 0.6 is 15.9 Å². The monoisotopic (exact) mass is 315 g/mol. The Labute approximate surface area is 120 Å². The number of aromatic nitrogens is 3. The minimum absolute atomic E-state index is 0.416. The average Bonchev–Trinajstić information content (AvgIpc) is 2.81. The summed E-state index contributed by atoms with van der Waals surface area (Å²) < 4.78 is 2.87. The van der Waals surface area contributed by atoms with Crippen LogP contribution in [0, 0.1) is 0 Å². The van der Waals surface area contributed by atoms with Gasteiger partial charge in [0, 0.05) is 21.7 Å². The standard InChI is InChI=1S/C15H14BrN3/c1-10(2)13-4-3-5-15(17-13)19-9-11-6-7-12(16)8-14(11)18-19/h3-10H,1-2H3. The molecule has 2 heterocycles. The zero-order valence-corrected chi connectivity index (χ0v) is 12.4. The number of fused-ring (bicyclic) bond motifs is 1. The van der Waals surface area contributed by atoms with E-state index in [2.05, 4.69) is 45.9 Å². The molecule has 3 rings (SSSR count). The number of hydrogen-bond acceptors (Lipinski definition) is 2. The van der Waals surface area contributed by atoms with Gasteiger partial charge in [-0.25, -0.2) is 9.67 Å². The third kappa shape index (κ3) is 2.40. The molecule has 0 N–H and O–H groups in total. The van der Waals surface area contributed by atoms with Crippen LogP contribution < -0.4 is 0 Å². The van der Waals surface area contributed by atoms with E-state index in [1.807, 2.05) is 41.2 Å². The predicted octanol–water partition coefficient (Wildman–Crippen LogP) is 4.31. The molecule has 0 atom stereocenters. The Hall–Kier alpha value is -1.68. The minimum Gasteiger partial charge on any atom is -0.233 e. The van der Waals surface area contributed by atoms with Gasteiger partial charge < -0.3 is 0 Å². The lowest BCUT2D eigenvalue weighted by atomic mass is 10.1. The van der Waals surface area contributed by atoms with E-state index in [1.165, 1.54) is 0 Å². The highest BCUT2D eigenvalue weighted by atomic mass is 79.9. The fourth-order valence-corrected chi connectivity index (χ4v) is 2.34. The number of benzene rings is 1. The molecule has 2 aromatic heterocycles. The van der Waals surface area contributed by atoms with Crippen LogP contribution in [0.2, 0.25) is 0 Å². The van der Waals surface area contributed by atoms with Gasteiger partial charge in [0.05, 0.1) is 5.52 Å². The van der Waals surface area contributed by atoms with Crippen molar-refractivity contribution in [2.75, 3.05) is 0 Å². The summed E-state index contributed by atoms with van der Waals surface area (Å²) in [5.74, 6) is 1.28. The number of hydrogen-bond donors (Lipinski definition) is 0. The fraction of sp³-hybridized carbons (Fsp3) is 0.200. The molecule has 3 aromatic rings. The second kappa shape index (κ2) is 4.78. The smallest absolute Gasteiger partial charge is 0.153 e. The highest BCUT2D eigenvalue weighted by Gasteiger charge is 2.06. The molecule has 0 bridgehead atoms. The van der Waals surface area contributed by atoms with Gasteiger partial charge in [-0.3, -0.25) is 0 Å². The minimum atomic E-state index is 0.416. The van der Waals surface area contributed by atoms with Gasteiger partial charge in [-0.15, -0.1) is 0 Å². The maximum Gasteiger partial charge on any atom is 0.153 e. The number of rotatable bonds is 2. The lowest BCUT2D eigenvalue weighted by Crippen LogP contribution is -2.01. The summed E-state index contributed by atoms with van der Waals surface area (Å²) in [6.45, 7) is 4.28. The Morgan fingerprint density at radius 2 is 2.00 bits per heavy atom. The van der Waals surface area contributed by atoms with Gasteiger partial charge in [-0.1, -0.05) is 41.9 Å². The molecular weight excluding hydrogens is 302 g/mol. The van der Waals surface area contributed by atoms with Crippen LogP contribution in [0.1, 0.15) is 25.5 Å². The number of halogens is 1. The molecule has 0 fully saturated rings. The molecule has 0 saturated carbocycles. The van der Waals surface area contributed by atoms with Crippen LogP contribution in [-0.4, -0.2) is 14.8 Å². The molecule has 1 aromatic carbocycles. The topological polar surface area (TPSA) is 30.7 Å². The van der Waals surface area contributed by atoms with Crippen molar-refractivity contribution in [1.82, 2.24) is 14.8 Å². The van der Waals surface area contributed by atoms with Crippen molar-refractivity contribution in [3.8, 4) is 5.82 Å². The lowest BCUT2D eigenvalue weighted by Gasteiger charge is -2.06. The molecule has 0 saturated heterocycles. The summed E-state index contributed by atoms with van der Waals surface area (Å²) in [4.78, 5) is 4.65. The van der Waals surface area contributed by atoms with Gasteiger partial charge in [-0.05, 0) is 30.2 Å². The normalized spacial score (nSPS) is 11.4. The Morgan fingerprint density at radius 1 is 1.16 bits per heavy atom. The predicted molar refractivity (Wildman–Crippen MR) is 80.7 cm³/mol. The quantitative estimate of drug-likeness (QED) is 0.705. The lowest BCUT2D eigenvalue weighted by molar-refractivity contribution is 0.788. The molecule has 0 aliphatic rings. The summed E-state index contributed by atoms with van der Waals surface area (Å²) in [6.07, 6.45) is 2.01. The van der Waals surface area contributed by atoms with E-state index in [9.17, 15) is 0 Å². The molecule has 0 radical (unpaired) electrons. The van der Waals surface area contributed by atoms with E-state index in [-0.39, 0.29) is 0 Å². The molecule has 3 nitrogen and oxygen atoms in total. The van der Waals surface area contributed by atoms with Crippen LogP contribution in [0.15, 0.2) is 47.1 Å². The third-order valence-corrected chi connectivity index (χ3v) is 3.54. The Bertz CT molecular complexity index is 731. The highest BCUT2D eigenvalue weighted by Crippen LogP contribution is 2.20. The summed E-state index contributed by atoms with van der Waals surface area (Å²) in [6, 6.07) is 12.1. The van der Waals surface area contributed by atoms with E-state index in [4.69, 9.17) is 0 Å². The molecule has 0 aliphatic heterocycles. The van der Waals surface area contributed by atoms with E-state index in [0.717, 1.165) is 26.9 Å². The van der Waals surface area contributed by atoms with Crippen LogP contribution in [0.3, 0.4) is 0 Å². The summed E-state index contributed by atoms with van der Waals surface area (Å²) in [5.41, 5.74) is 2.05. The van der Waals surface area contributed by atoms with Crippen LogP contribution in [0.5, 0.6) is 0 Å². The molecule has 19 heavy (non-hydrogen) atoms. The van der Waals surface area contributed by atoms with E-state index in [1.54, 1.807) is 0 Å². The Balaban J connectivity index is 2.11. The van der Waals surface area contributed by atoms with Gasteiger partial charge in [0.25, 0.3) is 0 Å². The first-order valence-corrected chi connectivity index (χ1v) is 7.05. The maximum atomic E-state index is 4.65. The Kier molecular flexibility index (Phi) is 3.11. The van der Waals surface area contributed by atoms with Gasteiger partial charge in [0.1, 0.15) is 0 Å².